The average Bonchev–Trinajstić information content (AvgIpc) is 2.29. The minimum Gasteiger partial charge on any atom is -0.497 e. The second-order valence-electron chi connectivity index (χ2n) is 3.21. The smallest absolute Gasteiger partial charge is 0.123 e. The van der Waals surface area contributed by atoms with Crippen molar-refractivity contribution >= 4 is 0 Å². The van der Waals surface area contributed by atoms with Crippen molar-refractivity contribution in [3.05, 3.63) is 23.8 Å². The maximum absolute atomic E-state index is 5.53. The topological polar surface area (TPSA) is 27.7 Å². The Morgan fingerprint density at radius 1 is 1.00 bits per heavy atom. The Balaban J connectivity index is 2.68. The molecule has 15 heavy (non-hydrogen) atoms. The summed E-state index contributed by atoms with van der Waals surface area (Å²) in [6, 6.07) is 5.93. The van der Waals surface area contributed by atoms with E-state index in [4.69, 9.17) is 14.2 Å². The van der Waals surface area contributed by atoms with Crippen LogP contribution in [0.2, 0.25) is 0 Å². The molecule has 1 rings (SSSR count). The maximum Gasteiger partial charge on any atom is 0.123 e. The van der Waals surface area contributed by atoms with Gasteiger partial charge in [0.25, 0.3) is 0 Å². The lowest BCUT2D eigenvalue weighted by molar-refractivity contribution is 0.146. The highest BCUT2D eigenvalue weighted by atomic mass is 16.5. The summed E-state index contributed by atoms with van der Waals surface area (Å²) in [6.45, 7) is 3.26. The van der Waals surface area contributed by atoms with E-state index in [-0.39, 0.29) is 0 Å². The highest BCUT2D eigenvalue weighted by Gasteiger charge is 2.01. The summed E-state index contributed by atoms with van der Waals surface area (Å²) < 4.78 is 15.6. The van der Waals surface area contributed by atoms with Crippen molar-refractivity contribution in [2.75, 3.05) is 27.4 Å². The average molecular weight is 210 g/mol. The first-order valence-electron chi connectivity index (χ1n) is 5.09. The van der Waals surface area contributed by atoms with Gasteiger partial charge in [-0.25, -0.2) is 0 Å². The van der Waals surface area contributed by atoms with Crippen LogP contribution in [0, 0.1) is 0 Å². The zero-order valence-corrected chi connectivity index (χ0v) is 9.58. The first-order chi connectivity index (χ1) is 7.30. The standard InChI is InChI=1S/C12H18O3/c1-4-10-7-11(14-3)9-12(8-10)15-6-5-13-2/h7-9H,4-6H2,1-3H3. The van der Waals surface area contributed by atoms with Crippen LogP contribution in [-0.4, -0.2) is 27.4 Å². The molecule has 3 nitrogen and oxygen atoms in total. The molecular formula is C12H18O3. The fourth-order valence-electron chi connectivity index (χ4n) is 1.28. The molecule has 0 amide bonds. The number of benzene rings is 1. The summed E-state index contributed by atoms with van der Waals surface area (Å²) in [7, 11) is 3.32. The van der Waals surface area contributed by atoms with Gasteiger partial charge in [0.05, 0.1) is 13.7 Å². The number of aryl methyl sites for hydroxylation is 1. The van der Waals surface area contributed by atoms with Crippen LogP contribution in [0.25, 0.3) is 0 Å². The molecule has 0 heterocycles. The number of hydrogen-bond acceptors (Lipinski definition) is 3. The van der Waals surface area contributed by atoms with Crippen LogP contribution in [-0.2, 0) is 11.2 Å². The largest absolute Gasteiger partial charge is 0.497 e. The minimum atomic E-state index is 0.562. The van der Waals surface area contributed by atoms with Crippen molar-refractivity contribution in [2.45, 2.75) is 13.3 Å². The molecule has 0 spiro atoms. The van der Waals surface area contributed by atoms with Crippen LogP contribution in [0.5, 0.6) is 11.5 Å². The van der Waals surface area contributed by atoms with E-state index in [0.29, 0.717) is 13.2 Å². The third-order valence-electron chi connectivity index (χ3n) is 2.14. The first-order valence-corrected chi connectivity index (χ1v) is 5.09. The van der Waals surface area contributed by atoms with Crippen LogP contribution in [0.3, 0.4) is 0 Å². The molecule has 0 radical (unpaired) electrons. The lowest BCUT2D eigenvalue weighted by Crippen LogP contribution is -2.04. The van der Waals surface area contributed by atoms with Gasteiger partial charge >= 0.3 is 0 Å². The van der Waals surface area contributed by atoms with Gasteiger partial charge < -0.3 is 14.2 Å². The normalized spacial score (nSPS) is 10.1. The molecule has 0 atom stereocenters. The van der Waals surface area contributed by atoms with Gasteiger partial charge in [0.15, 0.2) is 0 Å². The fourth-order valence-corrected chi connectivity index (χ4v) is 1.28. The van der Waals surface area contributed by atoms with Crippen molar-refractivity contribution in [3.63, 3.8) is 0 Å². The molecule has 84 valence electrons. The number of methoxy groups -OCH3 is 2. The summed E-state index contributed by atoms with van der Waals surface area (Å²) in [4.78, 5) is 0. The predicted octanol–water partition coefficient (Wildman–Crippen LogP) is 2.28. The second kappa shape index (κ2) is 6.30. The summed E-state index contributed by atoms with van der Waals surface area (Å²) in [5.41, 5.74) is 1.21. The van der Waals surface area contributed by atoms with Crippen molar-refractivity contribution in [1.29, 1.82) is 0 Å². The van der Waals surface area contributed by atoms with Gasteiger partial charge in [-0.05, 0) is 24.1 Å². The molecule has 0 aliphatic heterocycles. The highest BCUT2D eigenvalue weighted by Crippen LogP contribution is 2.22. The van der Waals surface area contributed by atoms with Gasteiger partial charge in [0.2, 0.25) is 0 Å². The second-order valence-corrected chi connectivity index (χ2v) is 3.21. The Morgan fingerprint density at radius 2 is 1.73 bits per heavy atom. The third kappa shape index (κ3) is 3.80. The number of hydrogen-bond donors (Lipinski definition) is 0. The monoisotopic (exact) mass is 210 g/mol. The van der Waals surface area contributed by atoms with E-state index in [2.05, 4.69) is 6.92 Å². The predicted molar refractivity (Wildman–Crippen MR) is 59.7 cm³/mol. The molecule has 0 N–H and O–H groups in total. The van der Waals surface area contributed by atoms with Crippen molar-refractivity contribution in [1.82, 2.24) is 0 Å². The Bertz CT molecular complexity index is 275. The molecular weight excluding hydrogens is 192 g/mol. The first kappa shape index (κ1) is 11.9. The zero-order valence-electron chi connectivity index (χ0n) is 9.58. The zero-order chi connectivity index (χ0) is 11.1. The van der Waals surface area contributed by atoms with Crippen molar-refractivity contribution < 1.29 is 14.2 Å². The van der Waals surface area contributed by atoms with Gasteiger partial charge in [-0.2, -0.15) is 0 Å². The molecule has 0 aromatic heterocycles. The van der Waals surface area contributed by atoms with Crippen LogP contribution in [0.1, 0.15) is 12.5 Å². The summed E-state index contributed by atoms with van der Waals surface area (Å²) >= 11 is 0. The van der Waals surface area contributed by atoms with E-state index >= 15 is 0 Å². The van der Waals surface area contributed by atoms with Gasteiger partial charge in [-0.1, -0.05) is 6.92 Å². The lowest BCUT2D eigenvalue weighted by Gasteiger charge is -2.09. The Labute approximate surface area is 91.0 Å². The van der Waals surface area contributed by atoms with E-state index in [9.17, 15) is 0 Å². The molecule has 0 aliphatic carbocycles. The van der Waals surface area contributed by atoms with Crippen LogP contribution in [0.15, 0.2) is 18.2 Å². The quantitative estimate of drug-likeness (QED) is 0.674. The molecule has 0 saturated heterocycles. The Kier molecular flexibility index (Phi) is 4.98. The fraction of sp³-hybridized carbons (Fsp3) is 0.500. The molecule has 0 fully saturated rings. The molecule has 3 heteroatoms. The number of rotatable bonds is 6. The van der Waals surface area contributed by atoms with E-state index in [1.54, 1.807) is 14.2 Å². The third-order valence-corrected chi connectivity index (χ3v) is 2.14. The molecule has 0 saturated carbocycles. The molecule has 1 aromatic carbocycles. The van der Waals surface area contributed by atoms with E-state index in [1.165, 1.54) is 5.56 Å². The van der Waals surface area contributed by atoms with E-state index in [1.807, 2.05) is 18.2 Å². The molecule has 0 unspecified atom stereocenters. The Morgan fingerprint density at radius 3 is 2.33 bits per heavy atom. The van der Waals surface area contributed by atoms with Crippen LogP contribution in [0.4, 0.5) is 0 Å². The minimum absolute atomic E-state index is 0.562. The van der Waals surface area contributed by atoms with Gasteiger partial charge in [0.1, 0.15) is 18.1 Å². The summed E-state index contributed by atoms with van der Waals surface area (Å²) in [5.74, 6) is 1.67. The number of ether oxygens (including phenoxy) is 3. The van der Waals surface area contributed by atoms with Gasteiger partial charge in [-0.3, -0.25) is 0 Å². The van der Waals surface area contributed by atoms with Crippen molar-refractivity contribution in [2.24, 2.45) is 0 Å². The van der Waals surface area contributed by atoms with E-state index in [0.717, 1.165) is 17.9 Å². The van der Waals surface area contributed by atoms with E-state index < -0.39 is 0 Å². The highest BCUT2D eigenvalue weighted by molar-refractivity contribution is 5.38. The summed E-state index contributed by atoms with van der Waals surface area (Å²) in [5, 5.41) is 0. The Hall–Kier alpha value is -1.22. The van der Waals surface area contributed by atoms with Crippen LogP contribution < -0.4 is 9.47 Å². The van der Waals surface area contributed by atoms with Gasteiger partial charge in [-0.15, -0.1) is 0 Å². The lowest BCUT2D eigenvalue weighted by atomic mass is 10.1. The molecule has 0 bridgehead atoms. The van der Waals surface area contributed by atoms with Crippen LogP contribution >= 0.6 is 0 Å². The molecule has 1 aromatic rings. The SMILES string of the molecule is CCc1cc(OC)cc(OCCOC)c1. The maximum atomic E-state index is 5.53. The summed E-state index contributed by atoms with van der Waals surface area (Å²) in [6.07, 6.45) is 0.970. The van der Waals surface area contributed by atoms with Crippen molar-refractivity contribution in [3.8, 4) is 11.5 Å². The molecule has 0 aliphatic rings. The van der Waals surface area contributed by atoms with Gasteiger partial charge in [0, 0.05) is 13.2 Å².